The number of benzene rings is 2. The zero-order chi connectivity index (χ0) is 18.1. The van der Waals surface area contributed by atoms with E-state index in [-0.39, 0.29) is 12.7 Å². The van der Waals surface area contributed by atoms with Crippen molar-refractivity contribution < 1.29 is 23.7 Å². The molecule has 0 fully saturated rings. The summed E-state index contributed by atoms with van der Waals surface area (Å²) in [6, 6.07) is 14.1. The first-order chi connectivity index (χ1) is 12.1. The summed E-state index contributed by atoms with van der Waals surface area (Å²) in [4.78, 5) is 11.2. The molecule has 25 heavy (non-hydrogen) atoms. The maximum atomic E-state index is 11.2. The molecule has 0 bridgehead atoms. The smallest absolute Gasteiger partial charge is 0.333 e. The van der Waals surface area contributed by atoms with Crippen molar-refractivity contribution in [1.29, 1.82) is 0 Å². The van der Waals surface area contributed by atoms with Crippen molar-refractivity contribution >= 4 is 16.7 Å². The van der Waals surface area contributed by atoms with E-state index in [1.165, 1.54) is 5.39 Å². The van der Waals surface area contributed by atoms with E-state index in [1.54, 1.807) is 14.0 Å². The first-order valence-corrected chi connectivity index (χ1v) is 8.15. The van der Waals surface area contributed by atoms with Gasteiger partial charge in [0.15, 0.2) is 0 Å². The van der Waals surface area contributed by atoms with Crippen molar-refractivity contribution in [3.63, 3.8) is 0 Å². The van der Waals surface area contributed by atoms with E-state index in [0.717, 1.165) is 11.1 Å². The number of rotatable bonds is 10. The average Bonchev–Trinajstić information content (AvgIpc) is 2.63. The van der Waals surface area contributed by atoms with Crippen LogP contribution in [0.15, 0.2) is 54.6 Å². The first-order valence-electron chi connectivity index (χ1n) is 8.15. The Kier molecular flexibility index (Phi) is 7.44. The monoisotopic (exact) mass is 344 g/mol. The van der Waals surface area contributed by atoms with Crippen LogP contribution in [0, 0.1) is 0 Å². The minimum atomic E-state index is -0.411. The minimum Gasteiger partial charge on any atom is -0.491 e. The normalized spacial score (nSPS) is 11.9. The average molecular weight is 344 g/mol. The third-order valence-corrected chi connectivity index (χ3v) is 3.60. The molecule has 0 radical (unpaired) electrons. The van der Waals surface area contributed by atoms with Crippen LogP contribution in [0.4, 0.5) is 0 Å². The van der Waals surface area contributed by atoms with Gasteiger partial charge in [0.1, 0.15) is 25.1 Å². The van der Waals surface area contributed by atoms with Crippen molar-refractivity contribution in [2.24, 2.45) is 0 Å². The Labute approximate surface area is 148 Å². The lowest BCUT2D eigenvalue weighted by Gasteiger charge is -2.17. The molecule has 5 heteroatoms. The molecule has 1 atom stereocenters. The lowest BCUT2D eigenvalue weighted by Crippen LogP contribution is -2.27. The molecule has 0 aliphatic carbocycles. The summed E-state index contributed by atoms with van der Waals surface area (Å²) >= 11 is 0. The molecule has 1 unspecified atom stereocenters. The van der Waals surface area contributed by atoms with E-state index >= 15 is 0 Å². The first kappa shape index (κ1) is 19.0. The molecule has 0 saturated heterocycles. The maximum absolute atomic E-state index is 11.2. The summed E-state index contributed by atoms with van der Waals surface area (Å²) < 4.78 is 21.6. The van der Waals surface area contributed by atoms with Crippen LogP contribution >= 0.6 is 0 Å². The van der Waals surface area contributed by atoms with Gasteiger partial charge in [-0.3, -0.25) is 0 Å². The quantitative estimate of drug-likeness (QED) is 0.376. The van der Waals surface area contributed by atoms with E-state index < -0.39 is 5.97 Å². The molecule has 2 aromatic rings. The lowest BCUT2D eigenvalue weighted by atomic mass is 10.1. The highest BCUT2D eigenvalue weighted by Crippen LogP contribution is 2.20. The summed E-state index contributed by atoms with van der Waals surface area (Å²) in [6.45, 7) is 6.34. The lowest BCUT2D eigenvalue weighted by molar-refractivity contribution is -0.140. The number of fused-ring (bicyclic) bond motifs is 1. The zero-order valence-corrected chi connectivity index (χ0v) is 14.7. The predicted molar refractivity (Wildman–Crippen MR) is 96.8 cm³/mol. The second kappa shape index (κ2) is 9.81. The van der Waals surface area contributed by atoms with Gasteiger partial charge in [-0.05, 0) is 29.8 Å². The van der Waals surface area contributed by atoms with Gasteiger partial charge in [0.2, 0.25) is 0 Å². The van der Waals surface area contributed by atoms with E-state index in [0.29, 0.717) is 25.4 Å². The summed E-state index contributed by atoms with van der Waals surface area (Å²) in [6.07, 6.45) is -0.205. The zero-order valence-electron chi connectivity index (χ0n) is 14.7. The fourth-order valence-corrected chi connectivity index (χ4v) is 2.16. The Morgan fingerprint density at radius 1 is 1.08 bits per heavy atom. The van der Waals surface area contributed by atoms with Gasteiger partial charge in [-0.15, -0.1) is 0 Å². The Morgan fingerprint density at radius 3 is 2.56 bits per heavy atom. The summed E-state index contributed by atoms with van der Waals surface area (Å²) in [5.41, 5.74) is 0.374. The van der Waals surface area contributed by atoms with E-state index in [2.05, 4.69) is 12.6 Å². The molecule has 0 saturated carbocycles. The maximum Gasteiger partial charge on any atom is 0.333 e. The molecule has 5 nitrogen and oxygen atoms in total. The van der Waals surface area contributed by atoms with Gasteiger partial charge >= 0.3 is 5.97 Å². The van der Waals surface area contributed by atoms with E-state index in [4.69, 9.17) is 18.9 Å². The number of ether oxygens (including phenoxy) is 4. The SMILES string of the molecule is C=C(C)C(=O)OCCOCC(COc1ccc2ccccc2c1)OC. The largest absolute Gasteiger partial charge is 0.491 e. The number of methoxy groups -OCH3 is 1. The van der Waals surface area contributed by atoms with Gasteiger partial charge in [0.05, 0.1) is 13.2 Å². The molecule has 2 rings (SSSR count). The van der Waals surface area contributed by atoms with Gasteiger partial charge in [0.25, 0.3) is 0 Å². The van der Waals surface area contributed by atoms with Gasteiger partial charge in [-0.1, -0.05) is 36.9 Å². The fourth-order valence-electron chi connectivity index (χ4n) is 2.16. The highest BCUT2D eigenvalue weighted by molar-refractivity contribution is 5.86. The number of carbonyl (C=O) groups is 1. The highest BCUT2D eigenvalue weighted by atomic mass is 16.6. The number of hydrogen-bond acceptors (Lipinski definition) is 5. The number of hydrogen-bond donors (Lipinski definition) is 0. The molecule has 0 spiro atoms. The Hall–Kier alpha value is -2.37. The van der Waals surface area contributed by atoms with Crippen molar-refractivity contribution in [2.75, 3.05) is 33.5 Å². The highest BCUT2D eigenvalue weighted by Gasteiger charge is 2.10. The molecule has 0 aliphatic rings. The van der Waals surface area contributed by atoms with Crippen molar-refractivity contribution in [2.45, 2.75) is 13.0 Å². The van der Waals surface area contributed by atoms with E-state index in [1.807, 2.05) is 36.4 Å². The topological polar surface area (TPSA) is 54.0 Å². The molecular weight excluding hydrogens is 320 g/mol. The van der Waals surface area contributed by atoms with Crippen LogP contribution in [-0.4, -0.2) is 45.6 Å². The molecule has 0 aliphatic heterocycles. The molecule has 0 N–H and O–H groups in total. The third kappa shape index (κ3) is 6.21. The van der Waals surface area contributed by atoms with Crippen LogP contribution in [0.3, 0.4) is 0 Å². The van der Waals surface area contributed by atoms with Crippen molar-refractivity contribution in [1.82, 2.24) is 0 Å². The molecule has 134 valence electrons. The number of carbonyl (C=O) groups excluding carboxylic acids is 1. The van der Waals surface area contributed by atoms with Gasteiger partial charge in [-0.2, -0.15) is 0 Å². The molecule has 2 aromatic carbocycles. The fraction of sp³-hybridized carbons (Fsp3) is 0.350. The molecule has 0 aromatic heterocycles. The predicted octanol–water partition coefficient (Wildman–Crippen LogP) is 3.37. The summed E-state index contributed by atoms with van der Waals surface area (Å²) in [5.74, 6) is 0.377. The summed E-state index contributed by atoms with van der Waals surface area (Å²) in [5, 5.41) is 2.30. The second-order valence-corrected chi connectivity index (χ2v) is 5.67. The molecular formula is C20H24O5. The van der Waals surface area contributed by atoms with Gasteiger partial charge in [0, 0.05) is 12.7 Å². The van der Waals surface area contributed by atoms with Gasteiger partial charge < -0.3 is 18.9 Å². The van der Waals surface area contributed by atoms with Crippen LogP contribution in [0.25, 0.3) is 10.8 Å². The number of esters is 1. The molecule has 0 heterocycles. The van der Waals surface area contributed by atoms with Crippen molar-refractivity contribution in [3.05, 3.63) is 54.6 Å². The second-order valence-electron chi connectivity index (χ2n) is 5.67. The van der Waals surface area contributed by atoms with Crippen LogP contribution < -0.4 is 4.74 Å². The third-order valence-electron chi connectivity index (χ3n) is 3.60. The van der Waals surface area contributed by atoms with E-state index in [9.17, 15) is 4.79 Å². The van der Waals surface area contributed by atoms with Crippen LogP contribution in [0.1, 0.15) is 6.92 Å². The Balaban J connectivity index is 1.72. The minimum absolute atomic E-state index is 0.188. The van der Waals surface area contributed by atoms with Crippen LogP contribution in [0.2, 0.25) is 0 Å². The standard InChI is InChI=1S/C20H24O5/c1-15(2)20(21)24-11-10-23-13-19(22-3)14-25-18-9-8-16-6-4-5-7-17(16)12-18/h4-9,12,19H,1,10-11,13-14H2,2-3H3. The summed E-state index contributed by atoms with van der Waals surface area (Å²) in [7, 11) is 1.61. The van der Waals surface area contributed by atoms with Crippen LogP contribution in [0.5, 0.6) is 5.75 Å². The Morgan fingerprint density at radius 2 is 1.84 bits per heavy atom. The van der Waals surface area contributed by atoms with Crippen molar-refractivity contribution in [3.8, 4) is 5.75 Å². The Bertz CT molecular complexity index is 710. The van der Waals surface area contributed by atoms with Gasteiger partial charge in [-0.25, -0.2) is 4.79 Å². The van der Waals surface area contributed by atoms with Crippen LogP contribution in [-0.2, 0) is 19.0 Å². The molecule has 0 amide bonds.